The topological polar surface area (TPSA) is 58.7 Å². The summed E-state index contributed by atoms with van der Waals surface area (Å²) >= 11 is 6.14. The van der Waals surface area contributed by atoms with Gasteiger partial charge >= 0.3 is 0 Å². The Balaban J connectivity index is 2.28. The standard InChI is InChI=1S/C15H12ClN3O/c1-9-10(16)4-2-5-12(9)19-13-6-3-7-14(20)15(13)11(8-17)18-19/h2,4-5H,3,6-7H2,1H3. The second-order valence-electron chi connectivity index (χ2n) is 4.85. The van der Waals surface area contributed by atoms with Gasteiger partial charge in [-0.05, 0) is 37.5 Å². The van der Waals surface area contributed by atoms with Crippen molar-refractivity contribution >= 4 is 17.4 Å². The quantitative estimate of drug-likeness (QED) is 0.808. The zero-order valence-electron chi connectivity index (χ0n) is 11.0. The zero-order valence-corrected chi connectivity index (χ0v) is 11.7. The van der Waals surface area contributed by atoms with Gasteiger partial charge in [0.1, 0.15) is 6.07 Å². The summed E-state index contributed by atoms with van der Waals surface area (Å²) in [6, 6.07) is 7.58. The molecule has 0 saturated carbocycles. The minimum atomic E-state index is 0.00808. The number of aromatic nitrogens is 2. The molecule has 0 unspecified atom stereocenters. The van der Waals surface area contributed by atoms with Crippen LogP contribution in [0, 0.1) is 18.3 Å². The van der Waals surface area contributed by atoms with Crippen LogP contribution in [0.1, 0.15) is 40.2 Å². The molecule has 0 fully saturated rings. The third-order valence-electron chi connectivity index (χ3n) is 3.65. The van der Waals surface area contributed by atoms with Crippen molar-refractivity contribution in [2.45, 2.75) is 26.2 Å². The Morgan fingerprint density at radius 2 is 2.20 bits per heavy atom. The van der Waals surface area contributed by atoms with E-state index in [9.17, 15) is 10.1 Å². The average Bonchev–Trinajstić information content (AvgIpc) is 2.82. The van der Waals surface area contributed by atoms with Crippen LogP contribution in [0.5, 0.6) is 0 Å². The number of benzene rings is 1. The molecule has 1 aromatic heterocycles. The van der Waals surface area contributed by atoms with Gasteiger partial charge in [0.05, 0.1) is 16.9 Å². The first-order chi connectivity index (χ1) is 9.63. The number of carbonyl (C=O) groups excluding carboxylic acids is 1. The van der Waals surface area contributed by atoms with Gasteiger partial charge in [0.15, 0.2) is 11.5 Å². The molecule has 0 radical (unpaired) electrons. The zero-order chi connectivity index (χ0) is 14.3. The van der Waals surface area contributed by atoms with Crippen LogP contribution in [-0.4, -0.2) is 15.6 Å². The van der Waals surface area contributed by atoms with Gasteiger partial charge in [-0.2, -0.15) is 10.4 Å². The van der Waals surface area contributed by atoms with Gasteiger partial charge in [-0.15, -0.1) is 0 Å². The summed E-state index contributed by atoms with van der Waals surface area (Å²) in [7, 11) is 0. The molecule has 1 aliphatic carbocycles. The first-order valence-corrected chi connectivity index (χ1v) is 6.82. The van der Waals surface area contributed by atoms with E-state index in [1.165, 1.54) is 0 Å². The molecule has 5 heteroatoms. The van der Waals surface area contributed by atoms with Gasteiger partial charge in [0.2, 0.25) is 0 Å². The smallest absolute Gasteiger partial charge is 0.174 e. The van der Waals surface area contributed by atoms with Crippen molar-refractivity contribution in [1.82, 2.24) is 9.78 Å². The van der Waals surface area contributed by atoms with Crippen LogP contribution in [0.4, 0.5) is 0 Å². The van der Waals surface area contributed by atoms with Gasteiger partial charge in [0.25, 0.3) is 0 Å². The van der Waals surface area contributed by atoms with Crippen molar-refractivity contribution in [1.29, 1.82) is 5.26 Å². The number of hydrogen-bond donors (Lipinski definition) is 0. The van der Waals surface area contributed by atoms with E-state index in [4.69, 9.17) is 11.6 Å². The molecule has 0 spiro atoms. The molecule has 0 saturated heterocycles. The van der Waals surface area contributed by atoms with E-state index in [0.29, 0.717) is 17.0 Å². The first-order valence-electron chi connectivity index (χ1n) is 6.44. The fraction of sp³-hybridized carbons (Fsp3) is 0.267. The highest BCUT2D eigenvalue weighted by Gasteiger charge is 2.28. The van der Waals surface area contributed by atoms with Gasteiger partial charge in [0, 0.05) is 11.4 Å². The van der Waals surface area contributed by atoms with Crippen molar-refractivity contribution in [3.05, 3.63) is 45.7 Å². The Hall–Kier alpha value is -2.12. The Bertz CT molecular complexity index is 755. The molecule has 3 rings (SSSR count). The number of nitrogens with zero attached hydrogens (tertiary/aromatic N) is 3. The second-order valence-corrected chi connectivity index (χ2v) is 5.26. The molecule has 0 aliphatic heterocycles. The molecule has 0 amide bonds. The van der Waals surface area contributed by atoms with Crippen LogP contribution in [-0.2, 0) is 6.42 Å². The van der Waals surface area contributed by atoms with Crippen molar-refractivity contribution < 1.29 is 4.79 Å². The maximum Gasteiger partial charge on any atom is 0.174 e. The molecule has 20 heavy (non-hydrogen) atoms. The predicted octanol–water partition coefficient (Wildman–Crippen LogP) is 3.22. The molecule has 0 atom stereocenters. The van der Waals surface area contributed by atoms with E-state index < -0.39 is 0 Å². The van der Waals surface area contributed by atoms with E-state index in [-0.39, 0.29) is 11.5 Å². The number of ketones is 1. The number of carbonyl (C=O) groups is 1. The largest absolute Gasteiger partial charge is 0.294 e. The summed E-state index contributed by atoms with van der Waals surface area (Å²) in [5, 5.41) is 14.1. The van der Waals surface area contributed by atoms with Crippen molar-refractivity contribution in [3.63, 3.8) is 0 Å². The number of hydrogen-bond acceptors (Lipinski definition) is 3. The molecular formula is C15H12ClN3O. The van der Waals surface area contributed by atoms with Crippen LogP contribution >= 0.6 is 11.6 Å². The lowest BCUT2D eigenvalue weighted by Crippen LogP contribution is -2.13. The third-order valence-corrected chi connectivity index (χ3v) is 4.06. The van der Waals surface area contributed by atoms with Gasteiger partial charge < -0.3 is 0 Å². The molecule has 100 valence electrons. The highest BCUT2D eigenvalue weighted by Crippen LogP contribution is 2.29. The minimum absolute atomic E-state index is 0.00808. The Labute approximate surface area is 121 Å². The number of nitriles is 1. The third kappa shape index (κ3) is 1.83. The Morgan fingerprint density at radius 1 is 1.40 bits per heavy atom. The number of Topliss-reactive ketones (excluding diaryl/α,β-unsaturated/α-hetero) is 1. The maximum absolute atomic E-state index is 12.0. The lowest BCUT2D eigenvalue weighted by Gasteiger charge is -2.14. The summed E-state index contributed by atoms with van der Waals surface area (Å²) in [5.74, 6) is 0.00808. The van der Waals surface area contributed by atoms with Gasteiger partial charge in [-0.25, -0.2) is 4.68 Å². The average molecular weight is 286 g/mol. The molecule has 1 heterocycles. The highest BCUT2D eigenvalue weighted by atomic mass is 35.5. The minimum Gasteiger partial charge on any atom is -0.294 e. The first kappa shape index (κ1) is 12.9. The van der Waals surface area contributed by atoms with Crippen LogP contribution in [0.2, 0.25) is 5.02 Å². The molecule has 0 bridgehead atoms. The number of fused-ring (bicyclic) bond motifs is 1. The number of rotatable bonds is 1. The molecular weight excluding hydrogens is 274 g/mol. The van der Waals surface area contributed by atoms with Gasteiger partial charge in [-0.1, -0.05) is 17.7 Å². The van der Waals surface area contributed by atoms with Crippen LogP contribution in [0.15, 0.2) is 18.2 Å². The van der Waals surface area contributed by atoms with Crippen molar-refractivity contribution in [2.24, 2.45) is 0 Å². The molecule has 1 aliphatic rings. The fourth-order valence-corrected chi connectivity index (χ4v) is 2.79. The van der Waals surface area contributed by atoms with E-state index in [1.54, 1.807) is 4.68 Å². The summed E-state index contributed by atoms with van der Waals surface area (Å²) in [4.78, 5) is 12.0. The fourth-order valence-electron chi connectivity index (χ4n) is 2.62. The molecule has 2 aromatic rings. The van der Waals surface area contributed by atoms with E-state index in [0.717, 1.165) is 29.8 Å². The van der Waals surface area contributed by atoms with Crippen molar-refractivity contribution in [3.8, 4) is 11.8 Å². The lowest BCUT2D eigenvalue weighted by molar-refractivity contribution is 0.0972. The molecule has 4 nitrogen and oxygen atoms in total. The molecule has 0 N–H and O–H groups in total. The second kappa shape index (κ2) is 4.77. The maximum atomic E-state index is 12.0. The van der Waals surface area contributed by atoms with Crippen LogP contribution in [0.3, 0.4) is 0 Å². The van der Waals surface area contributed by atoms with Gasteiger partial charge in [-0.3, -0.25) is 4.79 Å². The van der Waals surface area contributed by atoms with Crippen LogP contribution in [0.25, 0.3) is 5.69 Å². The summed E-state index contributed by atoms with van der Waals surface area (Å²) in [6.07, 6.45) is 2.03. The van der Waals surface area contributed by atoms with Crippen molar-refractivity contribution in [2.75, 3.05) is 0 Å². The predicted molar refractivity (Wildman–Crippen MR) is 75.3 cm³/mol. The summed E-state index contributed by atoms with van der Waals surface area (Å²) < 4.78 is 1.70. The number of halogens is 1. The SMILES string of the molecule is Cc1c(Cl)cccc1-n1nc(C#N)c2c1CCCC2=O. The lowest BCUT2D eigenvalue weighted by atomic mass is 9.94. The van der Waals surface area contributed by atoms with E-state index in [1.807, 2.05) is 31.2 Å². The van der Waals surface area contributed by atoms with E-state index >= 15 is 0 Å². The summed E-state index contributed by atoms with van der Waals surface area (Å²) in [6.45, 7) is 1.91. The van der Waals surface area contributed by atoms with E-state index in [2.05, 4.69) is 5.10 Å². The monoisotopic (exact) mass is 285 g/mol. The molecule has 1 aromatic carbocycles. The highest BCUT2D eigenvalue weighted by molar-refractivity contribution is 6.31. The normalized spacial score (nSPS) is 13.9. The summed E-state index contributed by atoms with van der Waals surface area (Å²) in [5.41, 5.74) is 3.23. The van der Waals surface area contributed by atoms with Crippen LogP contribution < -0.4 is 0 Å². The Morgan fingerprint density at radius 3 is 2.95 bits per heavy atom. The Kier molecular flexibility index (Phi) is 3.07.